The second-order valence-corrected chi connectivity index (χ2v) is 8.13. The molecule has 1 unspecified atom stereocenters. The Balaban J connectivity index is 1.35. The SMILES string of the molecule is O=C(NC1CCCN(c2ccc3nnc(-c4ccccc4)n3n2)C1)C1CCCC1. The minimum Gasteiger partial charge on any atom is -0.353 e. The number of rotatable bonds is 4. The largest absolute Gasteiger partial charge is 0.353 e. The fourth-order valence-corrected chi connectivity index (χ4v) is 4.53. The number of carbonyl (C=O) groups excluding carboxylic acids is 1. The van der Waals surface area contributed by atoms with Gasteiger partial charge in [0.05, 0.1) is 0 Å². The van der Waals surface area contributed by atoms with Crippen molar-refractivity contribution in [1.29, 1.82) is 0 Å². The molecule has 2 aliphatic rings. The van der Waals surface area contributed by atoms with Crippen LogP contribution < -0.4 is 10.2 Å². The zero-order valence-corrected chi connectivity index (χ0v) is 16.5. The van der Waals surface area contributed by atoms with Crippen molar-refractivity contribution in [3.63, 3.8) is 0 Å². The average Bonchev–Trinajstić information content (AvgIpc) is 3.44. The highest BCUT2D eigenvalue weighted by Gasteiger charge is 2.27. The molecule has 0 bridgehead atoms. The van der Waals surface area contributed by atoms with Crippen molar-refractivity contribution in [1.82, 2.24) is 25.1 Å². The van der Waals surface area contributed by atoms with Gasteiger partial charge in [0.15, 0.2) is 11.5 Å². The zero-order chi connectivity index (χ0) is 19.6. The van der Waals surface area contributed by atoms with E-state index in [0.29, 0.717) is 0 Å². The Kier molecular flexibility index (Phi) is 4.87. The monoisotopic (exact) mass is 390 g/mol. The van der Waals surface area contributed by atoms with Crippen LogP contribution in [0, 0.1) is 5.92 Å². The van der Waals surface area contributed by atoms with Gasteiger partial charge in [-0.05, 0) is 37.8 Å². The molecule has 7 nitrogen and oxygen atoms in total. The summed E-state index contributed by atoms with van der Waals surface area (Å²) in [6, 6.07) is 14.1. The number of hydrogen-bond acceptors (Lipinski definition) is 5. The first kappa shape index (κ1) is 18.1. The van der Waals surface area contributed by atoms with E-state index in [-0.39, 0.29) is 17.9 Å². The number of nitrogens with one attached hydrogen (secondary N) is 1. The first-order valence-corrected chi connectivity index (χ1v) is 10.6. The molecule has 3 aromatic rings. The first-order valence-electron chi connectivity index (χ1n) is 10.6. The fourth-order valence-electron chi connectivity index (χ4n) is 4.53. The van der Waals surface area contributed by atoms with Gasteiger partial charge < -0.3 is 10.2 Å². The normalized spacial score (nSPS) is 20.3. The summed E-state index contributed by atoms with van der Waals surface area (Å²) in [5.74, 6) is 2.09. The lowest BCUT2D eigenvalue weighted by molar-refractivity contribution is -0.125. The lowest BCUT2D eigenvalue weighted by Gasteiger charge is -2.34. The third kappa shape index (κ3) is 3.69. The molecule has 3 heterocycles. The molecule has 1 N–H and O–H groups in total. The van der Waals surface area contributed by atoms with Crippen molar-refractivity contribution in [2.24, 2.45) is 5.92 Å². The van der Waals surface area contributed by atoms with Gasteiger partial charge in [0.2, 0.25) is 5.91 Å². The van der Waals surface area contributed by atoms with Crippen molar-refractivity contribution >= 4 is 17.4 Å². The van der Waals surface area contributed by atoms with Gasteiger partial charge in [-0.2, -0.15) is 4.52 Å². The predicted octanol–water partition coefficient (Wildman–Crippen LogP) is 3.07. The van der Waals surface area contributed by atoms with Crippen LogP contribution in [0.2, 0.25) is 0 Å². The van der Waals surface area contributed by atoms with E-state index in [2.05, 4.69) is 20.4 Å². The van der Waals surface area contributed by atoms with Crippen LogP contribution >= 0.6 is 0 Å². The van der Waals surface area contributed by atoms with Crippen LogP contribution in [-0.4, -0.2) is 44.8 Å². The predicted molar refractivity (Wildman–Crippen MR) is 112 cm³/mol. The summed E-state index contributed by atoms with van der Waals surface area (Å²) in [6.07, 6.45) is 6.51. The van der Waals surface area contributed by atoms with Crippen LogP contribution in [0.25, 0.3) is 17.0 Å². The number of benzene rings is 1. The van der Waals surface area contributed by atoms with E-state index in [9.17, 15) is 4.79 Å². The summed E-state index contributed by atoms with van der Waals surface area (Å²) in [5.41, 5.74) is 1.72. The summed E-state index contributed by atoms with van der Waals surface area (Å²) in [6.45, 7) is 1.73. The van der Waals surface area contributed by atoms with Gasteiger partial charge >= 0.3 is 0 Å². The summed E-state index contributed by atoms with van der Waals surface area (Å²) in [5, 5.41) is 16.7. The second-order valence-electron chi connectivity index (χ2n) is 8.13. The summed E-state index contributed by atoms with van der Waals surface area (Å²) in [4.78, 5) is 14.8. The maximum absolute atomic E-state index is 12.5. The second kappa shape index (κ2) is 7.81. The van der Waals surface area contributed by atoms with E-state index in [1.165, 1.54) is 12.8 Å². The molecule has 7 heteroatoms. The molecule has 0 radical (unpaired) electrons. The van der Waals surface area contributed by atoms with Crippen LogP contribution in [0.3, 0.4) is 0 Å². The van der Waals surface area contributed by atoms with Gasteiger partial charge in [-0.3, -0.25) is 4.79 Å². The summed E-state index contributed by atoms with van der Waals surface area (Å²) >= 11 is 0. The molecule has 29 heavy (non-hydrogen) atoms. The number of nitrogens with zero attached hydrogens (tertiary/aromatic N) is 5. The van der Waals surface area contributed by atoms with Crippen LogP contribution in [0.15, 0.2) is 42.5 Å². The molecule has 1 amide bonds. The zero-order valence-electron chi connectivity index (χ0n) is 16.5. The Hall–Kier alpha value is -2.96. The Morgan fingerprint density at radius 3 is 2.62 bits per heavy atom. The van der Waals surface area contributed by atoms with E-state index >= 15 is 0 Å². The molecule has 1 aliphatic carbocycles. The van der Waals surface area contributed by atoms with Gasteiger partial charge in [-0.15, -0.1) is 15.3 Å². The number of fused-ring (bicyclic) bond motifs is 1. The standard InChI is InChI=1S/C22H26N6O/c29-22(17-9-4-5-10-17)23-18-11-6-14-27(15-18)20-13-12-19-24-25-21(28(19)26-20)16-7-2-1-3-8-16/h1-3,7-8,12-13,17-18H,4-6,9-11,14-15H2,(H,23,29). The molecule has 0 spiro atoms. The number of amides is 1. The maximum Gasteiger partial charge on any atom is 0.223 e. The van der Waals surface area contributed by atoms with Gasteiger partial charge in [-0.1, -0.05) is 43.2 Å². The average molecular weight is 390 g/mol. The van der Waals surface area contributed by atoms with E-state index in [4.69, 9.17) is 5.10 Å². The van der Waals surface area contributed by atoms with Crippen molar-refractivity contribution in [2.75, 3.05) is 18.0 Å². The molecular weight excluding hydrogens is 364 g/mol. The third-order valence-electron chi connectivity index (χ3n) is 6.10. The molecule has 150 valence electrons. The highest BCUT2D eigenvalue weighted by atomic mass is 16.2. The molecule has 1 saturated heterocycles. The van der Waals surface area contributed by atoms with E-state index < -0.39 is 0 Å². The quantitative estimate of drug-likeness (QED) is 0.741. The highest BCUT2D eigenvalue weighted by molar-refractivity contribution is 5.79. The smallest absolute Gasteiger partial charge is 0.223 e. The summed E-state index contributed by atoms with van der Waals surface area (Å²) < 4.78 is 1.81. The molecular formula is C22H26N6O. The number of anilines is 1. The molecule has 5 rings (SSSR count). The molecule has 2 fully saturated rings. The van der Waals surface area contributed by atoms with Crippen LogP contribution in [0.1, 0.15) is 38.5 Å². The number of aromatic nitrogens is 4. The Morgan fingerprint density at radius 2 is 1.79 bits per heavy atom. The van der Waals surface area contributed by atoms with Gasteiger partial charge in [-0.25, -0.2) is 0 Å². The maximum atomic E-state index is 12.5. The van der Waals surface area contributed by atoms with E-state index in [1.54, 1.807) is 0 Å². The highest BCUT2D eigenvalue weighted by Crippen LogP contribution is 2.26. The van der Waals surface area contributed by atoms with Crippen molar-refractivity contribution in [3.8, 4) is 11.4 Å². The number of piperidine rings is 1. The van der Waals surface area contributed by atoms with Crippen molar-refractivity contribution in [2.45, 2.75) is 44.6 Å². The summed E-state index contributed by atoms with van der Waals surface area (Å²) in [7, 11) is 0. The van der Waals surface area contributed by atoms with Crippen LogP contribution in [-0.2, 0) is 4.79 Å². The lowest BCUT2D eigenvalue weighted by Crippen LogP contribution is -2.49. The Bertz CT molecular complexity index is 995. The number of carbonyl (C=O) groups is 1. The lowest BCUT2D eigenvalue weighted by atomic mass is 10.0. The first-order chi connectivity index (χ1) is 14.3. The number of hydrogen-bond donors (Lipinski definition) is 1. The van der Waals surface area contributed by atoms with Gasteiger partial charge in [0, 0.05) is 30.6 Å². The Morgan fingerprint density at radius 1 is 0.966 bits per heavy atom. The van der Waals surface area contributed by atoms with Crippen LogP contribution in [0.4, 0.5) is 5.82 Å². The molecule has 1 saturated carbocycles. The molecule has 1 aliphatic heterocycles. The minimum absolute atomic E-state index is 0.184. The van der Waals surface area contributed by atoms with Crippen molar-refractivity contribution < 1.29 is 4.79 Å². The van der Waals surface area contributed by atoms with Crippen LogP contribution in [0.5, 0.6) is 0 Å². The van der Waals surface area contributed by atoms with E-state index in [0.717, 1.165) is 61.6 Å². The van der Waals surface area contributed by atoms with E-state index in [1.807, 2.05) is 47.0 Å². The molecule has 2 aromatic heterocycles. The van der Waals surface area contributed by atoms with Gasteiger partial charge in [0.25, 0.3) is 0 Å². The Labute approximate surface area is 170 Å². The molecule has 1 atom stereocenters. The molecule has 1 aromatic carbocycles. The van der Waals surface area contributed by atoms with Gasteiger partial charge in [0.1, 0.15) is 5.82 Å². The third-order valence-corrected chi connectivity index (χ3v) is 6.10. The topological polar surface area (TPSA) is 75.4 Å². The fraction of sp³-hybridized carbons (Fsp3) is 0.455. The minimum atomic E-state index is 0.184. The van der Waals surface area contributed by atoms with Crippen molar-refractivity contribution in [3.05, 3.63) is 42.5 Å².